The van der Waals surface area contributed by atoms with E-state index in [-0.39, 0.29) is 35.0 Å². The van der Waals surface area contributed by atoms with Crippen molar-refractivity contribution in [3.63, 3.8) is 0 Å². The van der Waals surface area contributed by atoms with Gasteiger partial charge in [-0.25, -0.2) is 4.39 Å². The van der Waals surface area contributed by atoms with Crippen molar-refractivity contribution in [1.82, 2.24) is 9.91 Å². The first-order chi connectivity index (χ1) is 12.8. The molecular formula is C18H20ClFN4O3. The zero-order chi connectivity index (χ0) is 20.1. The molecule has 0 aromatic heterocycles. The molecule has 0 aliphatic carbocycles. The van der Waals surface area contributed by atoms with E-state index in [2.05, 4.69) is 16.3 Å². The van der Waals surface area contributed by atoms with E-state index in [0.29, 0.717) is 6.54 Å². The monoisotopic (exact) mass is 394 g/mol. The first kappa shape index (κ1) is 20.5. The van der Waals surface area contributed by atoms with Crippen LogP contribution in [-0.4, -0.2) is 61.2 Å². The van der Waals surface area contributed by atoms with Crippen molar-refractivity contribution in [2.45, 2.75) is 0 Å². The molecule has 1 saturated heterocycles. The molecule has 0 saturated carbocycles. The summed E-state index contributed by atoms with van der Waals surface area (Å²) >= 11 is 5.72. The van der Waals surface area contributed by atoms with Gasteiger partial charge in [-0.3, -0.25) is 14.6 Å². The van der Waals surface area contributed by atoms with Gasteiger partial charge in [0.25, 0.3) is 0 Å². The van der Waals surface area contributed by atoms with Crippen molar-refractivity contribution in [2.24, 2.45) is 16.9 Å². The smallest absolute Gasteiger partial charge is 0.237 e. The second kappa shape index (κ2) is 8.73. The number of carbonyl (C=O) groups is 2. The average Bonchev–Trinajstić information content (AvgIpc) is 2.88. The molecule has 1 heterocycles. The van der Waals surface area contributed by atoms with E-state index in [1.165, 1.54) is 35.2 Å². The topological polar surface area (TPSA) is 74.2 Å². The third-order valence-corrected chi connectivity index (χ3v) is 4.39. The molecule has 1 aliphatic heterocycles. The minimum Gasteiger partial charge on any atom is -0.492 e. The standard InChI is InChI=1S/C18H20ClFN4O3/c1-5-14(19)22-24(3)10-11-9-23(2)18(26)15(11)17(25)21-13-8-6-7-12(20)16(13)27-4/h1,6-8,11,15H,9-10H2,2-4H3,(H,21,25)/b22-14+/t11-,15+/m1/s1. The summed E-state index contributed by atoms with van der Waals surface area (Å²) in [6, 6.07) is 4.16. The molecule has 0 bridgehead atoms. The Morgan fingerprint density at radius 3 is 2.93 bits per heavy atom. The van der Waals surface area contributed by atoms with Crippen molar-refractivity contribution in [3.05, 3.63) is 24.0 Å². The number of hydrazone groups is 1. The highest BCUT2D eigenvalue weighted by Crippen LogP contribution is 2.30. The molecule has 7 nitrogen and oxygen atoms in total. The van der Waals surface area contributed by atoms with Crippen LogP contribution in [-0.2, 0) is 9.59 Å². The van der Waals surface area contributed by atoms with Gasteiger partial charge in [0, 0.05) is 33.1 Å². The van der Waals surface area contributed by atoms with E-state index in [1.807, 2.05) is 0 Å². The van der Waals surface area contributed by atoms with E-state index in [9.17, 15) is 14.0 Å². The van der Waals surface area contributed by atoms with E-state index in [0.717, 1.165) is 0 Å². The third-order valence-electron chi connectivity index (χ3n) is 4.21. The van der Waals surface area contributed by atoms with Gasteiger partial charge in [-0.2, -0.15) is 5.10 Å². The van der Waals surface area contributed by atoms with Crippen LogP contribution in [0.2, 0.25) is 0 Å². The van der Waals surface area contributed by atoms with E-state index < -0.39 is 17.6 Å². The Kier molecular flexibility index (Phi) is 6.64. The van der Waals surface area contributed by atoms with Crippen LogP contribution in [0.5, 0.6) is 5.75 Å². The number of hydrogen-bond donors (Lipinski definition) is 1. The molecule has 2 rings (SSSR count). The maximum Gasteiger partial charge on any atom is 0.237 e. The zero-order valence-electron chi connectivity index (χ0n) is 15.2. The first-order valence-electron chi connectivity index (χ1n) is 8.08. The summed E-state index contributed by atoms with van der Waals surface area (Å²) in [4.78, 5) is 26.7. The first-order valence-corrected chi connectivity index (χ1v) is 8.46. The number of halogens is 2. The molecular weight excluding hydrogens is 375 g/mol. The minimum absolute atomic E-state index is 0.0272. The number of anilines is 1. The summed E-state index contributed by atoms with van der Waals surface area (Å²) in [7, 11) is 4.56. The van der Waals surface area contributed by atoms with Crippen molar-refractivity contribution in [1.29, 1.82) is 0 Å². The van der Waals surface area contributed by atoms with Gasteiger partial charge in [-0.05, 0) is 18.1 Å². The number of terminal acetylenes is 1. The molecule has 1 N–H and O–H groups in total. The highest BCUT2D eigenvalue weighted by molar-refractivity contribution is 6.69. The lowest BCUT2D eigenvalue weighted by Crippen LogP contribution is -2.36. The van der Waals surface area contributed by atoms with E-state index in [1.54, 1.807) is 14.1 Å². The SMILES string of the molecule is C#C/C(Cl)=N\N(C)C[C@H]1CN(C)C(=O)[C@@H]1C(=O)Nc1cccc(F)c1OC. The number of nitrogens with zero attached hydrogens (tertiary/aromatic N) is 3. The molecule has 0 spiro atoms. The molecule has 1 aliphatic rings. The summed E-state index contributed by atoms with van der Waals surface area (Å²) in [5, 5.41) is 8.02. The Morgan fingerprint density at radius 2 is 2.30 bits per heavy atom. The summed E-state index contributed by atoms with van der Waals surface area (Å²) < 4.78 is 18.8. The van der Waals surface area contributed by atoms with Gasteiger partial charge < -0.3 is 15.0 Å². The summed E-state index contributed by atoms with van der Waals surface area (Å²) in [6.07, 6.45) is 5.17. The number of nitrogens with one attached hydrogen (secondary N) is 1. The molecule has 1 fully saturated rings. The van der Waals surface area contributed by atoms with Crippen LogP contribution >= 0.6 is 11.6 Å². The van der Waals surface area contributed by atoms with Crippen molar-refractivity contribution >= 4 is 34.3 Å². The van der Waals surface area contributed by atoms with Gasteiger partial charge in [-0.1, -0.05) is 17.7 Å². The van der Waals surface area contributed by atoms with Crippen molar-refractivity contribution in [3.8, 4) is 18.1 Å². The average molecular weight is 395 g/mol. The lowest BCUT2D eigenvalue weighted by molar-refractivity contribution is -0.135. The van der Waals surface area contributed by atoms with Crippen LogP contribution in [0.15, 0.2) is 23.3 Å². The molecule has 144 valence electrons. The predicted molar refractivity (Wildman–Crippen MR) is 101 cm³/mol. The molecule has 1 aromatic carbocycles. The Balaban J connectivity index is 2.20. The third kappa shape index (κ3) is 4.68. The minimum atomic E-state index is -0.953. The highest BCUT2D eigenvalue weighted by Gasteiger charge is 2.44. The number of rotatable bonds is 6. The summed E-state index contributed by atoms with van der Waals surface area (Å²) in [5.74, 6) is -0.686. The lowest BCUT2D eigenvalue weighted by Gasteiger charge is -2.21. The van der Waals surface area contributed by atoms with E-state index in [4.69, 9.17) is 22.8 Å². The van der Waals surface area contributed by atoms with Crippen LogP contribution in [0.3, 0.4) is 0 Å². The van der Waals surface area contributed by atoms with Crippen molar-refractivity contribution in [2.75, 3.05) is 39.6 Å². The largest absolute Gasteiger partial charge is 0.492 e. The quantitative estimate of drug-likeness (QED) is 0.344. The van der Waals surface area contributed by atoms with E-state index >= 15 is 0 Å². The number of hydrogen-bond acceptors (Lipinski definition) is 5. The van der Waals surface area contributed by atoms with Gasteiger partial charge in [0.15, 0.2) is 16.7 Å². The van der Waals surface area contributed by atoms with Crippen LogP contribution in [0.25, 0.3) is 0 Å². The lowest BCUT2D eigenvalue weighted by atomic mass is 9.94. The predicted octanol–water partition coefficient (Wildman–Crippen LogP) is 1.59. The second-order valence-corrected chi connectivity index (χ2v) is 6.50. The van der Waals surface area contributed by atoms with Gasteiger partial charge in [0.2, 0.25) is 11.8 Å². The number of carbonyl (C=O) groups excluding carboxylic acids is 2. The fourth-order valence-electron chi connectivity index (χ4n) is 3.06. The molecule has 0 radical (unpaired) electrons. The normalized spacial score (nSPS) is 19.6. The maximum atomic E-state index is 13.8. The number of para-hydroxylation sites is 1. The molecule has 1 aromatic rings. The van der Waals surface area contributed by atoms with Gasteiger partial charge in [0.1, 0.15) is 5.92 Å². The highest BCUT2D eigenvalue weighted by atomic mass is 35.5. The fourth-order valence-corrected chi connectivity index (χ4v) is 3.19. The molecule has 27 heavy (non-hydrogen) atoms. The van der Waals surface area contributed by atoms with Crippen LogP contribution < -0.4 is 10.1 Å². The molecule has 2 atom stereocenters. The van der Waals surface area contributed by atoms with Gasteiger partial charge in [0.05, 0.1) is 12.8 Å². The van der Waals surface area contributed by atoms with Crippen LogP contribution in [0.4, 0.5) is 10.1 Å². The van der Waals surface area contributed by atoms with Gasteiger partial charge >= 0.3 is 0 Å². The fraction of sp³-hybridized carbons (Fsp3) is 0.389. The second-order valence-electron chi connectivity index (χ2n) is 6.14. The van der Waals surface area contributed by atoms with Crippen molar-refractivity contribution < 1.29 is 18.7 Å². The Hall–Kier alpha value is -2.79. The maximum absolute atomic E-state index is 13.8. The molecule has 2 amide bonds. The number of methoxy groups -OCH3 is 1. The number of benzene rings is 1. The number of amides is 2. The molecule has 0 unspecified atom stereocenters. The summed E-state index contributed by atoms with van der Waals surface area (Å²) in [6.45, 7) is 0.650. The number of ether oxygens (including phenoxy) is 1. The van der Waals surface area contributed by atoms with Crippen LogP contribution in [0, 0.1) is 30.0 Å². The number of likely N-dealkylation sites (tertiary alicyclic amines) is 1. The van der Waals surface area contributed by atoms with Crippen LogP contribution in [0.1, 0.15) is 0 Å². The Labute approximate surface area is 162 Å². The molecule has 9 heteroatoms. The zero-order valence-corrected chi connectivity index (χ0v) is 16.0. The Morgan fingerprint density at radius 1 is 1.59 bits per heavy atom. The van der Waals surface area contributed by atoms with Gasteiger partial charge in [-0.15, -0.1) is 6.42 Å². The summed E-state index contributed by atoms with van der Waals surface area (Å²) in [5.41, 5.74) is 0.158. The Bertz CT molecular complexity index is 808.